The molecule has 0 aromatic heterocycles. The van der Waals surface area contributed by atoms with Crippen LogP contribution in [0.25, 0.3) is 0 Å². The van der Waals surface area contributed by atoms with E-state index in [0.29, 0.717) is 19.4 Å². The molecule has 46 heavy (non-hydrogen) atoms. The van der Waals surface area contributed by atoms with Crippen LogP contribution in [0, 0.1) is 0 Å². The number of aliphatic hydroxyl groups is 1. The molecule has 0 saturated carbocycles. The molecule has 6 heteroatoms. The number of unbranched alkanes of at least 4 members (excludes halogenated alkanes) is 20. The first-order valence-corrected chi connectivity index (χ1v) is 20.3. The van der Waals surface area contributed by atoms with E-state index in [9.17, 15) is 14.7 Å². The van der Waals surface area contributed by atoms with E-state index in [0.717, 1.165) is 103 Å². The van der Waals surface area contributed by atoms with Gasteiger partial charge >= 0.3 is 11.9 Å². The van der Waals surface area contributed by atoms with Gasteiger partial charge in [0.15, 0.2) is 0 Å². The first kappa shape index (κ1) is 44.9. The summed E-state index contributed by atoms with van der Waals surface area (Å²) >= 11 is 0. The van der Waals surface area contributed by atoms with Crippen LogP contribution >= 0.6 is 0 Å². The summed E-state index contributed by atoms with van der Waals surface area (Å²) in [5.41, 5.74) is 0. The Hall–Kier alpha value is -1.14. The Bertz CT molecular complexity index is 643. The molecule has 0 amide bonds. The molecule has 274 valence electrons. The number of ether oxygens (including phenoxy) is 2. The summed E-state index contributed by atoms with van der Waals surface area (Å²) in [6, 6.07) is 0. The van der Waals surface area contributed by atoms with E-state index in [4.69, 9.17) is 9.47 Å². The highest BCUT2D eigenvalue weighted by atomic mass is 16.5. The molecule has 1 N–H and O–H groups in total. The fraction of sp³-hybridized carbons (Fsp3) is 0.950. The van der Waals surface area contributed by atoms with Gasteiger partial charge in [0.2, 0.25) is 0 Å². The van der Waals surface area contributed by atoms with Gasteiger partial charge in [-0.1, -0.05) is 143 Å². The highest BCUT2D eigenvalue weighted by Gasteiger charge is 2.14. The van der Waals surface area contributed by atoms with Crippen molar-refractivity contribution in [2.75, 3.05) is 32.8 Å². The van der Waals surface area contributed by atoms with Crippen LogP contribution in [0.4, 0.5) is 0 Å². The Kier molecular flexibility index (Phi) is 35.8. The van der Waals surface area contributed by atoms with Gasteiger partial charge in [-0.15, -0.1) is 0 Å². The summed E-state index contributed by atoms with van der Waals surface area (Å²) in [4.78, 5) is 26.8. The Labute approximate surface area is 286 Å². The van der Waals surface area contributed by atoms with Gasteiger partial charge in [-0.25, -0.2) is 0 Å². The standard InChI is InChI=1S/C40H79NO5/c1-4-7-10-12-14-22-28-37-45-39(43)31-24-18-15-20-26-33-41(35-36-42)34-27-21-16-19-25-32-40(44)46-38(29-9-6-3)30-23-17-13-11-8-5-2/h38,42H,4-37H2,1-3H3. The zero-order valence-corrected chi connectivity index (χ0v) is 31.1. The number of carbonyl (C=O) groups excluding carboxylic acids is 2. The van der Waals surface area contributed by atoms with Gasteiger partial charge in [-0.05, 0) is 64.5 Å². The molecule has 0 spiro atoms. The minimum Gasteiger partial charge on any atom is -0.466 e. The van der Waals surface area contributed by atoms with Crippen LogP contribution < -0.4 is 0 Å². The van der Waals surface area contributed by atoms with E-state index < -0.39 is 0 Å². The largest absolute Gasteiger partial charge is 0.466 e. The first-order chi connectivity index (χ1) is 22.6. The van der Waals surface area contributed by atoms with Crippen LogP contribution in [-0.4, -0.2) is 60.9 Å². The van der Waals surface area contributed by atoms with Gasteiger partial charge in [-0.2, -0.15) is 0 Å². The SMILES string of the molecule is CCCCCCCCCOC(=O)CCCCCCCN(CCO)CCCCCCCC(=O)OC(CCCC)CCCCCCCC. The third-order valence-corrected chi connectivity index (χ3v) is 9.20. The third-order valence-electron chi connectivity index (χ3n) is 9.20. The molecule has 0 aliphatic heterocycles. The molecule has 0 aliphatic carbocycles. The summed E-state index contributed by atoms with van der Waals surface area (Å²) in [6.45, 7) is 10.3. The Balaban J connectivity index is 3.80. The molecular formula is C40H79NO5. The quantitative estimate of drug-likeness (QED) is 0.0531. The van der Waals surface area contributed by atoms with Gasteiger partial charge in [0.05, 0.1) is 13.2 Å². The van der Waals surface area contributed by atoms with Gasteiger partial charge in [0, 0.05) is 19.4 Å². The lowest BCUT2D eigenvalue weighted by Gasteiger charge is -2.21. The molecule has 6 nitrogen and oxygen atoms in total. The van der Waals surface area contributed by atoms with Crippen LogP contribution in [0.1, 0.15) is 207 Å². The predicted octanol–water partition coefficient (Wildman–Crippen LogP) is 11.1. The van der Waals surface area contributed by atoms with Gasteiger partial charge in [0.1, 0.15) is 6.10 Å². The molecular weight excluding hydrogens is 574 g/mol. The Morgan fingerprint density at radius 1 is 0.500 bits per heavy atom. The summed E-state index contributed by atoms with van der Waals surface area (Å²) < 4.78 is 11.3. The fourth-order valence-corrected chi connectivity index (χ4v) is 6.16. The molecule has 0 bridgehead atoms. The number of hydrogen-bond acceptors (Lipinski definition) is 6. The van der Waals surface area contributed by atoms with Crippen LogP contribution in [0.5, 0.6) is 0 Å². The molecule has 0 fully saturated rings. The van der Waals surface area contributed by atoms with Gasteiger partial charge in [-0.3, -0.25) is 9.59 Å². The topological polar surface area (TPSA) is 76.1 Å². The molecule has 0 aromatic rings. The average Bonchev–Trinajstić information content (AvgIpc) is 3.05. The second-order valence-corrected chi connectivity index (χ2v) is 13.8. The zero-order valence-electron chi connectivity index (χ0n) is 31.1. The van der Waals surface area contributed by atoms with E-state index in [-0.39, 0.29) is 24.6 Å². The van der Waals surface area contributed by atoms with Crippen molar-refractivity contribution in [3.8, 4) is 0 Å². The number of aliphatic hydroxyl groups excluding tert-OH is 1. The van der Waals surface area contributed by atoms with E-state index in [1.165, 1.54) is 89.9 Å². The summed E-state index contributed by atoms with van der Waals surface area (Å²) in [5, 5.41) is 9.49. The van der Waals surface area contributed by atoms with Crippen molar-refractivity contribution in [3.63, 3.8) is 0 Å². The van der Waals surface area contributed by atoms with Crippen molar-refractivity contribution in [2.45, 2.75) is 213 Å². The van der Waals surface area contributed by atoms with Crippen molar-refractivity contribution in [1.82, 2.24) is 4.90 Å². The summed E-state index contributed by atoms with van der Waals surface area (Å²) in [5.74, 6) is -0.0326. The normalized spacial score (nSPS) is 12.1. The number of carbonyl (C=O) groups is 2. The minimum atomic E-state index is -0.0325. The number of rotatable bonds is 37. The highest BCUT2D eigenvalue weighted by Crippen LogP contribution is 2.17. The van der Waals surface area contributed by atoms with E-state index in [2.05, 4.69) is 25.7 Å². The van der Waals surface area contributed by atoms with Crippen molar-refractivity contribution < 1.29 is 24.2 Å². The number of hydrogen-bond donors (Lipinski definition) is 1. The second kappa shape index (κ2) is 36.7. The van der Waals surface area contributed by atoms with Crippen molar-refractivity contribution in [2.24, 2.45) is 0 Å². The van der Waals surface area contributed by atoms with Crippen LogP contribution in [0.2, 0.25) is 0 Å². The zero-order chi connectivity index (χ0) is 33.8. The Morgan fingerprint density at radius 2 is 0.935 bits per heavy atom. The average molecular weight is 654 g/mol. The maximum absolute atomic E-state index is 12.5. The molecule has 0 aliphatic rings. The van der Waals surface area contributed by atoms with Crippen LogP contribution in [0.3, 0.4) is 0 Å². The minimum absolute atomic E-state index is 0.0000534. The van der Waals surface area contributed by atoms with Crippen molar-refractivity contribution in [3.05, 3.63) is 0 Å². The maximum Gasteiger partial charge on any atom is 0.306 e. The van der Waals surface area contributed by atoms with Crippen molar-refractivity contribution in [1.29, 1.82) is 0 Å². The second-order valence-electron chi connectivity index (χ2n) is 13.8. The molecule has 0 aromatic carbocycles. The summed E-state index contributed by atoms with van der Waals surface area (Å²) in [7, 11) is 0. The third kappa shape index (κ3) is 32.8. The van der Waals surface area contributed by atoms with Gasteiger partial charge < -0.3 is 19.5 Å². The highest BCUT2D eigenvalue weighted by molar-refractivity contribution is 5.69. The lowest BCUT2D eigenvalue weighted by Crippen LogP contribution is -2.29. The molecule has 0 rings (SSSR count). The predicted molar refractivity (Wildman–Crippen MR) is 195 cm³/mol. The van der Waals surface area contributed by atoms with E-state index in [1.54, 1.807) is 0 Å². The number of nitrogens with zero attached hydrogens (tertiary/aromatic N) is 1. The number of esters is 2. The van der Waals surface area contributed by atoms with Crippen LogP contribution in [-0.2, 0) is 19.1 Å². The van der Waals surface area contributed by atoms with E-state index in [1.807, 2.05) is 0 Å². The lowest BCUT2D eigenvalue weighted by atomic mass is 10.0. The first-order valence-electron chi connectivity index (χ1n) is 20.3. The molecule has 1 unspecified atom stereocenters. The monoisotopic (exact) mass is 654 g/mol. The Morgan fingerprint density at radius 3 is 1.48 bits per heavy atom. The molecule has 1 atom stereocenters. The van der Waals surface area contributed by atoms with Crippen molar-refractivity contribution >= 4 is 11.9 Å². The lowest BCUT2D eigenvalue weighted by molar-refractivity contribution is -0.150. The fourth-order valence-electron chi connectivity index (χ4n) is 6.16. The molecule has 0 saturated heterocycles. The maximum atomic E-state index is 12.5. The molecule has 0 heterocycles. The van der Waals surface area contributed by atoms with Gasteiger partial charge in [0.25, 0.3) is 0 Å². The smallest absolute Gasteiger partial charge is 0.306 e. The van der Waals surface area contributed by atoms with E-state index >= 15 is 0 Å². The molecule has 0 radical (unpaired) electrons. The summed E-state index contributed by atoms with van der Waals surface area (Å²) in [6.07, 6.45) is 32.8. The van der Waals surface area contributed by atoms with Crippen LogP contribution in [0.15, 0.2) is 0 Å².